The van der Waals surface area contributed by atoms with Gasteiger partial charge in [-0.15, -0.1) is 0 Å². The number of aromatic nitrogens is 1. The van der Waals surface area contributed by atoms with Gasteiger partial charge in [0.15, 0.2) is 0 Å². The summed E-state index contributed by atoms with van der Waals surface area (Å²) in [6, 6.07) is 9.83. The van der Waals surface area contributed by atoms with Crippen LogP contribution in [0, 0.1) is 0 Å². The van der Waals surface area contributed by atoms with Gasteiger partial charge in [-0.1, -0.05) is 11.6 Å². The number of anilines is 1. The van der Waals surface area contributed by atoms with Crippen LogP contribution in [0.5, 0.6) is 11.5 Å². The normalized spacial score (nSPS) is 11.8. The molecule has 1 aromatic heterocycles. The van der Waals surface area contributed by atoms with Crippen molar-refractivity contribution in [3.63, 3.8) is 0 Å². The van der Waals surface area contributed by atoms with Gasteiger partial charge in [-0.2, -0.15) is 0 Å². The summed E-state index contributed by atoms with van der Waals surface area (Å²) in [5.41, 5.74) is 1.09. The average Bonchev–Trinajstić information content (AvgIpc) is 3.04. The second-order valence-corrected chi connectivity index (χ2v) is 8.98. The van der Waals surface area contributed by atoms with Crippen molar-refractivity contribution in [2.75, 3.05) is 46.7 Å². The van der Waals surface area contributed by atoms with Crippen molar-refractivity contribution in [2.45, 2.75) is 4.90 Å². The van der Waals surface area contributed by atoms with Gasteiger partial charge >= 0.3 is 0 Å². The Bertz CT molecular complexity index is 1130. The molecule has 0 fully saturated rings. The molecule has 0 spiro atoms. The predicted octanol–water partition coefficient (Wildman–Crippen LogP) is 3.52. The van der Waals surface area contributed by atoms with Crippen LogP contribution in [0.2, 0.25) is 5.02 Å². The molecule has 0 amide bonds. The number of rotatable bonds is 8. The molecule has 156 valence electrons. The van der Waals surface area contributed by atoms with Crippen LogP contribution in [0.25, 0.3) is 10.9 Å². The maximum absolute atomic E-state index is 13.3. The largest absolute Gasteiger partial charge is 0.497 e. The molecular weight excluding hydrogens is 414 g/mol. The molecule has 0 aliphatic heterocycles. The first-order valence-corrected chi connectivity index (χ1v) is 10.8. The van der Waals surface area contributed by atoms with E-state index in [-0.39, 0.29) is 4.90 Å². The zero-order chi connectivity index (χ0) is 21.2. The number of methoxy groups -OCH3 is 2. The Morgan fingerprint density at radius 2 is 1.86 bits per heavy atom. The Labute approximate surface area is 175 Å². The van der Waals surface area contributed by atoms with Crippen LogP contribution >= 0.6 is 11.6 Å². The van der Waals surface area contributed by atoms with E-state index >= 15 is 0 Å². The fraction of sp³-hybridized carbons (Fsp3) is 0.300. The van der Waals surface area contributed by atoms with Crippen LogP contribution < -0.4 is 14.8 Å². The molecule has 1 N–H and O–H groups in total. The van der Waals surface area contributed by atoms with Crippen molar-refractivity contribution in [1.82, 2.24) is 8.87 Å². The highest BCUT2D eigenvalue weighted by atomic mass is 35.5. The summed E-state index contributed by atoms with van der Waals surface area (Å²) in [5, 5.41) is 4.17. The van der Waals surface area contributed by atoms with Crippen LogP contribution in [0.1, 0.15) is 0 Å². The Hall–Kier alpha value is -2.42. The minimum Gasteiger partial charge on any atom is -0.497 e. The molecule has 9 heteroatoms. The summed E-state index contributed by atoms with van der Waals surface area (Å²) in [5.74, 6) is 1.18. The molecule has 7 nitrogen and oxygen atoms in total. The third-order valence-electron chi connectivity index (χ3n) is 4.53. The van der Waals surface area contributed by atoms with Gasteiger partial charge in [0.05, 0.1) is 35.3 Å². The van der Waals surface area contributed by atoms with Gasteiger partial charge in [-0.05, 0) is 50.5 Å². The monoisotopic (exact) mass is 437 g/mol. The molecule has 0 aliphatic rings. The minimum absolute atomic E-state index is 0.134. The molecule has 3 rings (SSSR count). The van der Waals surface area contributed by atoms with Crippen molar-refractivity contribution in [3.05, 3.63) is 47.6 Å². The van der Waals surface area contributed by atoms with Crippen molar-refractivity contribution < 1.29 is 17.9 Å². The summed E-state index contributed by atoms with van der Waals surface area (Å²) < 4.78 is 38.5. The van der Waals surface area contributed by atoms with Gasteiger partial charge < -0.3 is 19.7 Å². The van der Waals surface area contributed by atoms with Gasteiger partial charge in [0.2, 0.25) is 0 Å². The molecule has 0 saturated heterocycles. The second-order valence-electron chi connectivity index (χ2n) is 6.75. The zero-order valence-electron chi connectivity index (χ0n) is 16.8. The third-order valence-corrected chi connectivity index (χ3v) is 6.50. The highest BCUT2D eigenvalue weighted by Gasteiger charge is 2.22. The smallest absolute Gasteiger partial charge is 0.268 e. The van der Waals surface area contributed by atoms with E-state index in [9.17, 15) is 8.42 Å². The Morgan fingerprint density at radius 1 is 1.10 bits per heavy atom. The number of benzene rings is 2. The molecule has 2 aromatic carbocycles. The summed E-state index contributed by atoms with van der Waals surface area (Å²) >= 11 is 6.30. The van der Waals surface area contributed by atoms with Gasteiger partial charge in [0.1, 0.15) is 11.5 Å². The Kier molecular flexibility index (Phi) is 6.26. The lowest BCUT2D eigenvalue weighted by Crippen LogP contribution is -2.21. The fourth-order valence-electron chi connectivity index (χ4n) is 2.98. The Balaban J connectivity index is 2.04. The van der Waals surface area contributed by atoms with E-state index < -0.39 is 10.0 Å². The van der Waals surface area contributed by atoms with E-state index in [4.69, 9.17) is 21.1 Å². The fourth-order valence-corrected chi connectivity index (χ4v) is 4.68. The standard InChI is InChI=1S/C20H24ClN3O4S/c1-23(2)10-9-22-18-12-15(6-8-20(18)28-4)29(25,26)24-13-17(21)16-11-14(27-3)5-7-19(16)24/h5-8,11-13,22H,9-10H2,1-4H3. The van der Waals surface area contributed by atoms with E-state index in [1.165, 1.54) is 16.2 Å². The zero-order valence-corrected chi connectivity index (χ0v) is 18.3. The number of nitrogens with one attached hydrogen (secondary N) is 1. The predicted molar refractivity (Wildman–Crippen MR) is 116 cm³/mol. The van der Waals surface area contributed by atoms with Crippen LogP contribution in [-0.4, -0.2) is 58.7 Å². The van der Waals surface area contributed by atoms with Crippen molar-refractivity contribution in [1.29, 1.82) is 0 Å². The molecule has 3 aromatic rings. The van der Waals surface area contributed by atoms with Crippen LogP contribution in [0.15, 0.2) is 47.5 Å². The molecule has 0 saturated carbocycles. The van der Waals surface area contributed by atoms with E-state index in [1.807, 2.05) is 19.0 Å². The van der Waals surface area contributed by atoms with Crippen molar-refractivity contribution in [3.8, 4) is 11.5 Å². The molecule has 0 atom stereocenters. The first kappa shape index (κ1) is 21.3. The molecule has 1 heterocycles. The van der Waals surface area contributed by atoms with Crippen LogP contribution in [-0.2, 0) is 10.0 Å². The van der Waals surface area contributed by atoms with E-state index in [0.29, 0.717) is 39.7 Å². The maximum atomic E-state index is 13.3. The number of nitrogens with zero attached hydrogens (tertiary/aromatic N) is 2. The number of ether oxygens (including phenoxy) is 2. The lowest BCUT2D eigenvalue weighted by atomic mass is 10.2. The van der Waals surface area contributed by atoms with Crippen molar-refractivity contribution >= 4 is 38.2 Å². The lowest BCUT2D eigenvalue weighted by molar-refractivity contribution is 0.412. The quantitative estimate of drug-likeness (QED) is 0.581. The molecule has 0 aliphatic carbocycles. The second kappa shape index (κ2) is 8.52. The van der Waals surface area contributed by atoms with E-state index in [0.717, 1.165) is 6.54 Å². The topological polar surface area (TPSA) is 72.8 Å². The van der Waals surface area contributed by atoms with Gasteiger partial charge in [-0.3, -0.25) is 0 Å². The number of hydrogen-bond acceptors (Lipinski definition) is 6. The van der Waals surface area contributed by atoms with Gasteiger partial charge in [0.25, 0.3) is 10.0 Å². The molecular formula is C20H24ClN3O4S. The highest BCUT2D eigenvalue weighted by molar-refractivity contribution is 7.90. The van der Waals surface area contributed by atoms with Crippen molar-refractivity contribution in [2.24, 2.45) is 0 Å². The third kappa shape index (κ3) is 4.29. The number of hydrogen-bond donors (Lipinski definition) is 1. The molecule has 0 bridgehead atoms. The Morgan fingerprint density at radius 3 is 2.52 bits per heavy atom. The minimum atomic E-state index is -3.87. The number of fused-ring (bicyclic) bond motifs is 1. The number of likely N-dealkylation sites (N-methyl/N-ethyl adjacent to an activating group) is 1. The lowest BCUT2D eigenvalue weighted by Gasteiger charge is -2.15. The summed E-state index contributed by atoms with van der Waals surface area (Å²) in [4.78, 5) is 2.16. The molecule has 0 unspecified atom stereocenters. The van der Waals surface area contributed by atoms with Gasteiger partial charge in [-0.25, -0.2) is 12.4 Å². The number of halogens is 1. The van der Waals surface area contributed by atoms with E-state index in [1.54, 1.807) is 44.6 Å². The molecule has 29 heavy (non-hydrogen) atoms. The summed E-state index contributed by atoms with van der Waals surface area (Å²) in [7, 11) is 3.16. The highest BCUT2D eigenvalue weighted by Crippen LogP contribution is 2.34. The SMILES string of the molecule is COc1ccc2c(c1)c(Cl)cn2S(=O)(=O)c1ccc(OC)c(NCCN(C)C)c1. The first-order valence-electron chi connectivity index (χ1n) is 8.94. The first-order chi connectivity index (χ1) is 13.8. The summed E-state index contributed by atoms with van der Waals surface area (Å²) in [6.07, 6.45) is 1.41. The average molecular weight is 438 g/mol. The van der Waals surface area contributed by atoms with E-state index in [2.05, 4.69) is 5.32 Å². The summed E-state index contributed by atoms with van der Waals surface area (Å²) in [6.45, 7) is 1.44. The van der Waals surface area contributed by atoms with Crippen LogP contribution in [0.4, 0.5) is 5.69 Å². The molecule has 0 radical (unpaired) electrons. The van der Waals surface area contributed by atoms with Crippen LogP contribution in [0.3, 0.4) is 0 Å². The maximum Gasteiger partial charge on any atom is 0.268 e. The van der Waals surface area contributed by atoms with Gasteiger partial charge in [0, 0.05) is 24.7 Å².